The number of hydrogen-bond donors (Lipinski definition) is 1. The number of aliphatic carboxylic acids is 1. The van der Waals surface area contributed by atoms with Gasteiger partial charge in [0, 0.05) is 0 Å². The van der Waals surface area contributed by atoms with Crippen LogP contribution in [0.2, 0.25) is 0 Å². The van der Waals surface area contributed by atoms with Gasteiger partial charge in [0.2, 0.25) is 0 Å². The van der Waals surface area contributed by atoms with Crippen molar-refractivity contribution in [2.24, 2.45) is 5.92 Å². The number of carboxylic acids is 1. The molecule has 1 aromatic carbocycles. The van der Waals surface area contributed by atoms with Crippen LogP contribution >= 0.6 is 0 Å². The lowest BCUT2D eigenvalue weighted by molar-refractivity contribution is -0.141. The van der Waals surface area contributed by atoms with Crippen LogP contribution in [0.4, 0.5) is 0 Å². The van der Waals surface area contributed by atoms with Gasteiger partial charge in [-0.05, 0) is 30.5 Å². The average Bonchev–Trinajstić information content (AvgIpc) is 2.40. The largest absolute Gasteiger partial charge is 0.494 e. The van der Waals surface area contributed by atoms with E-state index in [9.17, 15) is 4.79 Å². The molecule has 0 bridgehead atoms. The first-order valence-electron chi connectivity index (χ1n) is 6.58. The quantitative estimate of drug-likeness (QED) is 0.838. The predicted molar refractivity (Wildman–Crippen MR) is 74.1 cm³/mol. The van der Waals surface area contributed by atoms with Crippen molar-refractivity contribution in [1.82, 2.24) is 0 Å². The summed E-state index contributed by atoms with van der Waals surface area (Å²) in [6.07, 6.45) is 1.54. The van der Waals surface area contributed by atoms with Crippen LogP contribution in [0, 0.1) is 5.92 Å². The summed E-state index contributed by atoms with van der Waals surface area (Å²) in [6.45, 7) is 8.48. The van der Waals surface area contributed by atoms with Gasteiger partial charge in [-0.2, -0.15) is 0 Å². The monoisotopic (exact) mass is 252 g/mol. The van der Waals surface area contributed by atoms with Gasteiger partial charge in [0.25, 0.3) is 0 Å². The minimum atomic E-state index is -0.758. The fourth-order valence-electron chi connectivity index (χ4n) is 1.38. The molecule has 1 aromatic rings. The summed E-state index contributed by atoms with van der Waals surface area (Å²) in [5, 5.41) is 8.79. The van der Waals surface area contributed by atoms with E-state index in [-0.39, 0.29) is 5.92 Å². The molecule has 0 saturated carbocycles. The normalized spacial score (nSPS) is 11.1. The summed E-state index contributed by atoms with van der Waals surface area (Å²) < 4.78 is 5.45. The van der Waals surface area contributed by atoms with Crippen molar-refractivity contribution in [3.63, 3.8) is 0 Å². The summed E-state index contributed by atoms with van der Waals surface area (Å²) in [4.78, 5) is 10.7. The minimum Gasteiger partial charge on any atom is -0.494 e. The van der Waals surface area contributed by atoms with E-state index in [0.717, 1.165) is 17.7 Å². The maximum Gasteiger partial charge on any atom is 0.306 e. The van der Waals surface area contributed by atoms with Gasteiger partial charge in [-0.15, -0.1) is 0 Å². The molecule has 0 spiro atoms. The number of rotatable bonds is 6. The van der Waals surface area contributed by atoms with Gasteiger partial charge in [0.1, 0.15) is 5.75 Å². The van der Waals surface area contributed by atoms with Crippen molar-refractivity contribution in [3.05, 3.63) is 29.8 Å². The fraction of sp³-hybridized carbons (Fsp3) is 0.533. The number of carbonyl (C=O) groups is 1. The van der Waals surface area contributed by atoms with Gasteiger partial charge in [-0.1, -0.05) is 39.8 Å². The molecule has 18 heavy (non-hydrogen) atoms. The second-order valence-corrected chi connectivity index (χ2v) is 3.94. The van der Waals surface area contributed by atoms with Gasteiger partial charge in [-0.3, -0.25) is 4.79 Å². The molecule has 3 nitrogen and oxygen atoms in total. The highest BCUT2D eigenvalue weighted by Crippen LogP contribution is 2.15. The molecule has 0 aliphatic heterocycles. The minimum absolute atomic E-state index is 0.345. The number of ether oxygens (including phenoxy) is 1. The fourth-order valence-corrected chi connectivity index (χ4v) is 1.38. The molecule has 0 heterocycles. The summed E-state index contributed by atoms with van der Waals surface area (Å²) in [6, 6.07) is 7.62. The van der Waals surface area contributed by atoms with Gasteiger partial charge in [0.15, 0.2) is 0 Å². The van der Waals surface area contributed by atoms with Crippen LogP contribution in [0.1, 0.15) is 39.7 Å². The highest BCUT2D eigenvalue weighted by Gasteiger charge is 2.11. The molecular formula is C15H24O3. The third kappa shape index (κ3) is 6.28. The number of benzene rings is 1. The molecule has 0 fully saturated rings. The van der Waals surface area contributed by atoms with Crippen LogP contribution in [0.25, 0.3) is 0 Å². The van der Waals surface area contributed by atoms with Crippen molar-refractivity contribution < 1.29 is 14.6 Å². The zero-order valence-corrected chi connectivity index (χ0v) is 11.8. The Labute approximate surface area is 110 Å². The van der Waals surface area contributed by atoms with Crippen LogP contribution in [-0.4, -0.2) is 17.7 Å². The Morgan fingerprint density at radius 1 is 1.28 bits per heavy atom. The van der Waals surface area contributed by atoms with E-state index in [1.54, 1.807) is 6.92 Å². The lowest BCUT2D eigenvalue weighted by Crippen LogP contribution is -2.12. The van der Waals surface area contributed by atoms with E-state index >= 15 is 0 Å². The zero-order chi connectivity index (χ0) is 14.0. The molecule has 1 N–H and O–H groups in total. The van der Waals surface area contributed by atoms with Gasteiger partial charge in [-0.25, -0.2) is 0 Å². The van der Waals surface area contributed by atoms with Gasteiger partial charge in [0.05, 0.1) is 12.5 Å². The molecule has 3 heteroatoms. The second-order valence-electron chi connectivity index (χ2n) is 3.94. The molecule has 0 aromatic heterocycles. The van der Waals surface area contributed by atoms with E-state index in [0.29, 0.717) is 13.0 Å². The van der Waals surface area contributed by atoms with Crippen LogP contribution < -0.4 is 4.74 Å². The topological polar surface area (TPSA) is 46.5 Å². The number of hydrogen-bond acceptors (Lipinski definition) is 2. The molecular weight excluding hydrogens is 228 g/mol. The van der Waals surface area contributed by atoms with Crippen molar-refractivity contribution >= 4 is 5.97 Å². The van der Waals surface area contributed by atoms with Crippen LogP contribution in [0.15, 0.2) is 24.3 Å². The zero-order valence-electron chi connectivity index (χ0n) is 11.8. The van der Waals surface area contributed by atoms with E-state index in [1.807, 2.05) is 38.1 Å². The molecule has 1 rings (SSSR count). The Bertz CT molecular complexity index is 330. The molecule has 0 saturated heterocycles. The molecule has 102 valence electrons. The van der Waals surface area contributed by atoms with Crippen LogP contribution in [0.5, 0.6) is 5.75 Å². The molecule has 0 aliphatic carbocycles. The van der Waals surface area contributed by atoms with Gasteiger partial charge >= 0.3 is 5.97 Å². The maximum absolute atomic E-state index is 10.7. The lowest BCUT2D eigenvalue weighted by atomic mass is 10.0. The third-order valence-electron chi connectivity index (χ3n) is 2.36. The highest BCUT2D eigenvalue weighted by molar-refractivity contribution is 5.69. The SMILES string of the molecule is CC.CCCOc1ccc(CC(C)C(=O)O)cc1. The maximum atomic E-state index is 10.7. The predicted octanol–water partition coefficient (Wildman–Crippen LogP) is 3.76. The summed E-state index contributed by atoms with van der Waals surface area (Å²) in [5.41, 5.74) is 1.03. The molecule has 0 amide bonds. The summed E-state index contributed by atoms with van der Waals surface area (Å²) in [5.74, 6) is -0.262. The van der Waals surface area contributed by atoms with Gasteiger partial charge < -0.3 is 9.84 Å². The van der Waals surface area contributed by atoms with E-state index in [1.165, 1.54) is 0 Å². The molecule has 0 radical (unpaired) electrons. The molecule has 1 atom stereocenters. The Kier molecular flexibility index (Phi) is 8.71. The van der Waals surface area contributed by atoms with Crippen molar-refractivity contribution in [2.45, 2.75) is 40.5 Å². The second kappa shape index (κ2) is 9.51. The van der Waals surface area contributed by atoms with E-state index in [2.05, 4.69) is 6.92 Å². The Morgan fingerprint density at radius 2 is 1.83 bits per heavy atom. The Morgan fingerprint density at radius 3 is 2.28 bits per heavy atom. The average molecular weight is 252 g/mol. The molecule has 1 unspecified atom stereocenters. The van der Waals surface area contributed by atoms with E-state index in [4.69, 9.17) is 9.84 Å². The van der Waals surface area contributed by atoms with Crippen molar-refractivity contribution in [2.75, 3.05) is 6.61 Å². The summed E-state index contributed by atoms with van der Waals surface area (Å²) >= 11 is 0. The van der Waals surface area contributed by atoms with Crippen LogP contribution in [-0.2, 0) is 11.2 Å². The lowest BCUT2D eigenvalue weighted by Gasteiger charge is -2.08. The first-order chi connectivity index (χ1) is 8.63. The third-order valence-corrected chi connectivity index (χ3v) is 2.36. The first-order valence-corrected chi connectivity index (χ1v) is 6.58. The first kappa shape index (κ1) is 16.5. The van der Waals surface area contributed by atoms with Crippen molar-refractivity contribution in [3.8, 4) is 5.75 Å². The smallest absolute Gasteiger partial charge is 0.306 e. The van der Waals surface area contributed by atoms with E-state index < -0.39 is 5.97 Å². The van der Waals surface area contributed by atoms with Crippen LogP contribution in [0.3, 0.4) is 0 Å². The Balaban J connectivity index is 0.00000137. The highest BCUT2D eigenvalue weighted by atomic mass is 16.5. The Hall–Kier alpha value is -1.51. The molecule has 0 aliphatic rings. The standard InChI is InChI=1S/C13H18O3.C2H6/c1-3-8-16-12-6-4-11(5-7-12)9-10(2)13(14)15;1-2/h4-7,10H,3,8-9H2,1-2H3,(H,14,15);1-2H3. The summed E-state index contributed by atoms with van der Waals surface area (Å²) in [7, 11) is 0. The van der Waals surface area contributed by atoms with Crippen molar-refractivity contribution in [1.29, 1.82) is 0 Å². The number of carboxylic acid groups (broad SMARTS) is 1.